The van der Waals surface area contributed by atoms with Gasteiger partial charge in [0.2, 0.25) is 0 Å². The molecule has 1 aromatic heterocycles. The lowest BCUT2D eigenvalue weighted by Gasteiger charge is -2.39. The van der Waals surface area contributed by atoms with Gasteiger partial charge in [0.15, 0.2) is 0 Å². The molecule has 0 radical (unpaired) electrons. The van der Waals surface area contributed by atoms with E-state index in [2.05, 4.69) is 9.89 Å². The summed E-state index contributed by atoms with van der Waals surface area (Å²) < 4.78 is 90.1. The highest BCUT2D eigenvalue weighted by Gasteiger charge is 2.46. The van der Waals surface area contributed by atoms with Crippen molar-refractivity contribution in [1.29, 1.82) is 0 Å². The number of alkyl halides is 5. The van der Waals surface area contributed by atoms with E-state index in [9.17, 15) is 18.0 Å². The first-order valence-electron chi connectivity index (χ1n) is 13.9. The molecule has 2 heterocycles. The third kappa shape index (κ3) is 7.21. The maximum Gasteiger partial charge on any atom is 0.573 e. The fourth-order valence-corrected chi connectivity index (χ4v) is 5.10. The minimum atomic E-state index is -4.92. The summed E-state index contributed by atoms with van der Waals surface area (Å²) in [6.45, 7) is 1.52. The van der Waals surface area contributed by atoms with Crippen LogP contribution in [0.5, 0.6) is 5.75 Å². The highest BCUT2D eigenvalue weighted by atomic mass is 19.4. The lowest BCUT2D eigenvalue weighted by atomic mass is 10.0. The van der Waals surface area contributed by atoms with Crippen molar-refractivity contribution in [2.45, 2.75) is 69.9 Å². The van der Waals surface area contributed by atoms with E-state index < -0.39 is 30.7 Å². The van der Waals surface area contributed by atoms with Gasteiger partial charge in [-0.15, -0.1) is 13.2 Å². The summed E-state index contributed by atoms with van der Waals surface area (Å²) in [6.07, 6.45) is -3.96. The molecule has 0 bridgehead atoms. The molecule has 2 aliphatic rings. The van der Waals surface area contributed by atoms with Gasteiger partial charge < -0.3 is 23.6 Å². The zero-order valence-corrected chi connectivity index (χ0v) is 23.0. The summed E-state index contributed by atoms with van der Waals surface area (Å²) in [6, 6.07) is 12.6. The second-order valence-corrected chi connectivity index (χ2v) is 10.4. The first-order valence-corrected chi connectivity index (χ1v) is 13.9. The van der Waals surface area contributed by atoms with Gasteiger partial charge in [0.05, 0.1) is 19.8 Å². The van der Waals surface area contributed by atoms with E-state index in [1.165, 1.54) is 18.2 Å². The molecule has 1 saturated carbocycles. The zero-order chi connectivity index (χ0) is 29.9. The fraction of sp³-hybridized carbons (Fsp3) is 0.467. The largest absolute Gasteiger partial charge is 0.573 e. The summed E-state index contributed by atoms with van der Waals surface area (Å²) in [5.74, 6) is -3.49. The molecule has 42 heavy (non-hydrogen) atoms. The van der Waals surface area contributed by atoms with Gasteiger partial charge in [-0.25, -0.2) is 8.78 Å². The van der Waals surface area contributed by atoms with E-state index in [1.807, 2.05) is 12.1 Å². The number of benzene rings is 2. The third-order valence-corrected chi connectivity index (χ3v) is 7.32. The molecule has 1 saturated heterocycles. The van der Waals surface area contributed by atoms with Gasteiger partial charge in [0, 0.05) is 35.7 Å². The van der Waals surface area contributed by atoms with Gasteiger partial charge in [0.1, 0.15) is 23.3 Å². The topological polar surface area (TPSA) is 74.0 Å². The SMILES string of the molecule is CCOC(=O)CCc1ccc(N2CCC(OCc3c(-c4ccccc4OC(F)(F)F)noc3C3CC3)C(F)(F)C2)cc1. The molecule has 0 spiro atoms. The van der Waals surface area contributed by atoms with Crippen LogP contribution in [0, 0.1) is 0 Å². The van der Waals surface area contributed by atoms with Crippen molar-refractivity contribution in [2.24, 2.45) is 0 Å². The van der Waals surface area contributed by atoms with Crippen molar-refractivity contribution in [3.63, 3.8) is 0 Å². The number of hydrogen-bond donors (Lipinski definition) is 0. The predicted octanol–water partition coefficient (Wildman–Crippen LogP) is 7.04. The van der Waals surface area contributed by atoms with Crippen molar-refractivity contribution < 1.29 is 45.5 Å². The molecular weight excluding hydrogens is 563 g/mol. The number of aryl methyl sites for hydroxylation is 1. The maximum atomic E-state index is 15.3. The van der Waals surface area contributed by atoms with Gasteiger partial charge in [-0.05, 0) is 62.4 Å². The standard InChI is InChI=1S/C30H31F5N2O5/c1-2-39-26(38)14-9-19-7-12-21(13-8-19)37-16-15-25(29(31,32)18-37)40-17-23-27(36-42-28(23)20-10-11-20)22-5-3-4-6-24(22)41-30(33,34)35/h3-8,12-13,20,25H,2,9-11,14-18H2,1H3. The molecule has 1 unspecified atom stereocenters. The predicted molar refractivity (Wildman–Crippen MR) is 142 cm³/mol. The fourth-order valence-electron chi connectivity index (χ4n) is 5.10. The lowest BCUT2D eigenvalue weighted by Crippen LogP contribution is -2.52. The normalized spacial score (nSPS) is 18.6. The molecule has 0 amide bonds. The Hall–Kier alpha value is -3.67. The summed E-state index contributed by atoms with van der Waals surface area (Å²) in [5, 5.41) is 4.01. The van der Waals surface area contributed by atoms with Gasteiger partial charge in [0.25, 0.3) is 5.92 Å². The summed E-state index contributed by atoms with van der Waals surface area (Å²) >= 11 is 0. The molecule has 1 aliphatic carbocycles. The molecule has 7 nitrogen and oxygen atoms in total. The minimum Gasteiger partial charge on any atom is -0.466 e. The van der Waals surface area contributed by atoms with Crippen LogP contribution in [0.2, 0.25) is 0 Å². The number of carbonyl (C=O) groups is 1. The minimum absolute atomic E-state index is 0.0168. The molecule has 1 aliphatic heterocycles. The number of esters is 1. The summed E-state index contributed by atoms with van der Waals surface area (Å²) in [4.78, 5) is 13.2. The molecule has 5 rings (SSSR count). The molecule has 0 N–H and O–H groups in total. The number of rotatable bonds is 11. The molecule has 226 valence electrons. The smallest absolute Gasteiger partial charge is 0.466 e. The lowest BCUT2D eigenvalue weighted by molar-refractivity contribution is -0.274. The number of aromatic nitrogens is 1. The quantitative estimate of drug-likeness (QED) is 0.174. The molecule has 2 fully saturated rings. The molecule has 1 atom stereocenters. The third-order valence-electron chi connectivity index (χ3n) is 7.32. The highest BCUT2D eigenvalue weighted by molar-refractivity contribution is 5.71. The number of para-hydroxylation sites is 1. The van der Waals surface area contributed by atoms with Crippen molar-refractivity contribution >= 4 is 11.7 Å². The molecule has 3 aromatic rings. The van der Waals surface area contributed by atoms with Crippen LogP contribution in [-0.2, 0) is 27.3 Å². The Balaban J connectivity index is 1.26. The van der Waals surface area contributed by atoms with Gasteiger partial charge in [-0.3, -0.25) is 4.79 Å². The average Bonchev–Trinajstić information content (AvgIpc) is 3.70. The zero-order valence-electron chi connectivity index (χ0n) is 23.0. The molecule has 12 heteroatoms. The van der Waals surface area contributed by atoms with Crippen LogP contribution in [0.1, 0.15) is 55.4 Å². The first-order chi connectivity index (χ1) is 20.0. The monoisotopic (exact) mass is 594 g/mol. The first kappa shape index (κ1) is 29.8. The van der Waals surface area contributed by atoms with E-state index in [1.54, 1.807) is 24.0 Å². The van der Waals surface area contributed by atoms with Crippen LogP contribution in [-0.4, -0.2) is 49.2 Å². The number of carbonyl (C=O) groups excluding carboxylic acids is 1. The van der Waals surface area contributed by atoms with Crippen molar-refractivity contribution in [2.75, 3.05) is 24.6 Å². The number of ether oxygens (including phenoxy) is 3. The number of hydrogen-bond acceptors (Lipinski definition) is 7. The Morgan fingerprint density at radius 1 is 1.10 bits per heavy atom. The molecular formula is C30H31F5N2O5. The second-order valence-electron chi connectivity index (χ2n) is 10.4. The van der Waals surface area contributed by atoms with Crippen molar-refractivity contribution in [3.05, 3.63) is 65.4 Å². The van der Waals surface area contributed by atoms with Gasteiger partial charge in [-0.2, -0.15) is 0 Å². The van der Waals surface area contributed by atoms with E-state index in [0.29, 0.717) is 36.6 Å². The van der Waals surface area contributed by atoms with Crippen LogP contribution in [0.25, 0.3) is 11.3 Å². The number of halogens is 5. The Morgan fingerprint density at radius 3 is 2.50 bits per heavy atom. The van der Waals surface area contributed by atoms with E-state index in [-0.39, 0.29) is 42.6 Å². The Labute approximate surface area is 239 Å². The Morgan fingerprint density at radius 2 is 1.83 bits per heavy atom. The summed E-state index contributed by atoms with van der Waals surface area (Å²) in [5.41, 5.74) is 2.01. The maximum absolute atomic E-state index is 15.3. The second kappa shape index (κ2) is 12.3. The van der Waals surface area contributed by atoms with E-state index in [0.717, 1.165) is 24.5 Å². The summed E-state index contributed by atoms with van der Waals surface area (Å²) in [7, 11) is 0. The number of anilines is 1. The van der Waals surface area contributed by atoms with Gasteiger partial charge in [-0.1, -0.05) is 29.4 Å². The highest BCUT2D eigenvalue weighted by Crippen LogP contribution is 2.46. The molecule has 2 aromatic carbocycles. The van der Waals surface area contributed by atoms with Crippen LogP contribution in [0.3, 0.4) is 0 Å². The van der Waals surface area contributed by atoms with Crippen LogP contribution in [0.15, 0.2) is 53.1 Å². The van der Waals surface area contributed by atoms with Gasteiger partial charge >= 0.3 is 12.3 Å². The average molecular weight is 595 g/mol. The van der Waals surface area contributed by atoms with Crippen LogP contribution < -0.4 is 9.64 Å². The van der Waals surface area contributed by atoms with Crippen LogP contribution >= 0.6 is 0 Å². The van der Waals surface area contributed by atoms with E-state index in [4.69, 9.17) is 14.0 Å². The Bertz CT molecular complexity index is 1370. The van der Waals surface area contributed by atoms with Crippen molar-refractivity contribution in [1.82, 2.24) is 5.16 Å². The Kier molecular flexibility index (Phi) is 8.72. The number of nitrogens with zero attached hydrogens (tertiary/aromatic N) is 2. The number of piperidine rings is 1. The van der Waals surface area contributed by atoms with E-state index >= 15 is 8.78 Å². The van der Waals surface area contributed by atoms with Crippen LogP contribution in [0.4, 0.5) is 27.6 Å². The van der Waals surface area contributed by atoms with Crippen molar-refractivity contribution in [3.8, 4) is 17.0 Å².